The first-order valence-electron chi connectivity index (χ1n) is 17.0. The van der Waals surface area contributed by atoms with Crippen LogP contribution in [0.25, 0.3) is 0 Å². The van der Waals surface area contributed by atoms with Crippen molar-refractivity contribution in [3.63, 3.8) is 0 Å². The van der Waals surface area contributed by atoms with Gasteiger partial charge in [0.2, 0.25) is 0 Å². The summed E-state index contributed by atoms with van der Waals surface area (Å²) in [4.78, 5) is 31.8. The Morgan fingerprint density at radius 3 is 1.24 bits per heavy atom. The van der Waals surface area contributed by atoms with Gasteiger partial charge < -0.3 is 11.5 Å². The molecule has 8 heteroatoms. The largest absolute Gasteiger partial charge is 0.384 e. The molecule has 3 aromatic rings. The molecule has 8 nitrogen and oxygen atoms in total. The second kappa shape index (κ2) is 11.9. The van der Waals surface area contributed by atoms with Crippen LogP contribution >= 0.6 is 0 Å². The number of hydrogen-bond donors (Lipinski definition) is 2. The van der Waals surface area contributed by atoms with Crippen molar-refractivity contribution in [2.24, 2.45) is 22.3 Å². The van der Waals surface area contributed by atoms with Gasteiger partial charge in [-0.25, -0.2) is 0 Å². The molecular formula is C42H40N6O2. The van der Waals surface area contributed by atoms with Crippen LogP contribution in [-0.2, 0) is 9.59 Å². The van der Waals surface area contributed by atoms with Gasteiger partial charge in [-0.05, 0) is 59.1 Å². The molecule has 3 aromatic carbocycles. The summed E-state index contributed by atoms with van der Waals surface area (Å²) >= 11 is 0. The maximum atomic E-state index is 14.0. The number of nitriles is 2. The average molecular weight is 661 g/mol. The highest BCUT2D eigenvalue weighted by Crippen LogP contribution is 2.52. The maximum Gasteiger partial charge on any atom is 0.162 e. The third-order valence-corrected chi connectivity index (χ3v) is 10.4. The molecule has 2 aliphatic carbocycles. The van der Waals surface area contributed by atoms with Crippen molar-refractivity contribution in [3.05, 3.63) is 141 Å². The van der Waals surface area contributed by atoms with Crippen molar-refractivity contribution in [1.29, 1.82) is 10.5 Å². The second-order valence-corrected chi connectivity index (χ2v) is 15.3. The summed E-state index contributed by atoms with van der Waals surface area (Å²) in [5.41, 5.74) is 19.6. The first-order chi connectivity index (χ1) is 23.9. The van der Waals surface area contributed by atoms with E-state index in [2.05, 4.69) is 39.8 Å². The number of benzene rings is 3. The molecule has 0 bridgehead atoms. The molecule has 0 saturated carbocycles. The molecule has 7 rings (SSSR count). The minimum atomic E-state index is -0.657. The topological polar surface area (TPSA) is 140 Å². The van der Waals surface area contributed by atoms with Gasteiger partial charge in [0.15, 0.2) is 11.6 Å². The zero-order valence-electron chi connectivity index (χ0n) is 28.8. The van der Waals surface area contributed by atoms with Crippen LogP contribution in [0.5, 0.6) is 0 Å². The quantitative estimate of drug-likeness (QED) is 0.292. The minimum absolute atomic E-state index is 0.00696. The highest BCUT2D eigenvalue weighted by Gasteiger charge is 2.46. The fraction of sp³-hybridized carbons (Fsp3) is 0.286. The van der Waals surface area contributed by atoms with E-state index in [1.54, 1.807) is 0 Å². The van der Waals surface area contributed by atoms with Gasteiger partial charge in [-0.1, -0.05) is 88.4 Å². The van der Waals surface area contributed by atoms with Crippen molar-refractivity contribution in [2.45, 2.75) is 65.2 Å². The van der Waals surface area contributed by atoms with Crippen molar-refractivity contribution in [2.75, 3.05) is 9.80 Å². The normalized spacial score (nSPS) is 23.0. The van der Waals surface area contributed by atoms with E-state index in [0.717, 1.165) is 33.9 Å². The van der Waals surface area contributed by atoms with E-state index in [0.29, 0.717) is 59.6 Å². The van der Waals surface area contributed by atoms with Crippen LogP contribution in [-0.4, -0.2) is 11.6 Å². The summed E-state index contributed by atoms with van der Waals surface area (Å²) in [6.45, 7) is 8.31. The van der Waals surface area contributed by atoms with Gasteiger partial charge in [0.05, 0.1) is 35.1 Å². The second-order valence-electron chi connectivity index (χ2n) is 15.3. The smallest absolute Gasteiger partial charge is 0.162 e. The lowest BCUT2D eigenvalue weighted by Gasteiger charge is -2.44. The van der Waals surface area contributed by atoms with Crippen LogP contribution in [0.3, 0.4) is 0 Å². The number of rotatable bonds is 4. The zero-order chi connectivity index (χ0) is 35.5. The predicted molar refractivity (Wildman–Crippen MR) is 194 cm³/mol. The molecule has 0 fully saturated rings. The number of hydrogen-bond acceptors (Lipinski definition) is 8. The SMILES string of the molecule is CC1(C)CC(=O)C2=C(C1)N(c1ccccc1)C(N)=C(C#N)C2c1ccc(C2C(C#N)=C(N)N(c3ccccc3)C3=C2C(=O)CC(C)(C)C3)cc1. The molecule has 4 aliphatic rings. The molecule has 0 aromatic heterocycles. The van der Waals surface area contributed by atoms with Crippen LogP contribution in [0.15, 0.2) is 130 Å². The first-order valence-corrected chi connectivity index (χ1v) is 17.0. The van der Waals surface area contributed by atoms with Crippen LogP contribution in [0, 0.1) is 33.5 Å². The Kier molecular flexibility index (Phi) is 7.80. The average Bonchev–Trinajstić information content (AvgIpc) is 3.07. The van der Waals surface area contributed by atoms with Gasteiger partial charge in [-0.15, -0.1) is 0 Å². The van der Waals surface area contributed by atoms with Crippen LogP contribution in [0.1, 0.15) is 76.3 Å². The molecule has 0 amide bonds. The van der Waals surface area contributed by atoms with E-state index < -0.39 is 11.8 Å². The number of Topliss-reactive ketones (excluding diaryl/α,β-unsaturated/α-hetero) is 2. The van der Waals surface area contributed by atoms with Crippen LogP contribution < -0.4 is 21.3 Å². The highest BCUT2D eigenvalue weighted by molar-refractivity contribution is 6.02. The summed E-state index contributed by atoms with van der Waals surface area (Å²) in [5.74, 6) is -0.720. The Balaban J connectivity index is 1.37. The van der Waals surface area contributed by atoms with Crippen molar-refractivity contribution in [1.82, 2.24) is 0 Å². The molecular weight excluding hydrogens is 621 g/mol. The lowest BCUT2D eigenvalue weighted by atomic mass is 9.67. The molecule has 2 aliphatic heterocycles. The first kappa shape index (κ1) is 32.7. The van der Waals surface area contributed by atoms with E-state index in [4.69, 9.17) is 11.5 Å². The van der Waals surface area contributed by atoms with E-state index >= 15 is 0 Å². The lowest BCUT2D eigenvalue weighted by Crippen LogP contribution is -2.42. The van der Waals surface area contributed by atoms with Crippen molar-refractivity contribution in [3.8, 4) is 12.1 Å². The fourth-order valence-electron chi connectivity index (χ4n) is 8.31. The number of ketones is 2. The number of allylic oxidation sites excluding steroid dienone is 6. The van der Waals surface area contributed by atoms with E-state index in [1.807, 2.05) is 94.7 Å². The molecule has 0 saturated heterocycles. The van der Waals surface area contributed by atoms with E-state index in [1.165, 1.54) is 0 Å². The monoisotopic (exact) mass is 660 g/mol. The number of anilines is 2. The van der Waals surface area contributed by atoms with Crippen molar-refractivity contribution >= 4 is 22.9 Å². The van der Waals surface area contributed by atoms with Gasteiger partial charge >= 0.3 is 0 Å². The molecule has 2 heterocycles. The van der Waals surface area contributed by atoms with Gasteiger partial charge in [-0.2, -0.15) is 10.5 Å². The number of para-hydroxylation sites is 2. The summed E-state index contributed by atoms with van der Waals surface area (Å²) in [7, 11) is 0. The highest BCUT2D eigenvalue weighted by atomic mass is 16.1. The van der Waals surface area contributed by atoms with E-state index in [9.17, 15) is 20.1 Å². The number of carbonyl (C=O) groups excluding carboxylic acids is 2. The van der Waals surface area contributed by atoms with Gasteiger partial charge in [-0.3, -0.25) is 19.4 Å². The number of carbonyl (C=O) groups is 2. The summed E-state index contributed by atoms with van der Waals surface area (Å²) in [6.07, 6.45) is 1.93. The molecule has 0 radical (unpaired) electrons. The summed E-state index contributed by atoms with van der Waals surface area (Å²) in [5, 5.41) is 21.1. The van der Waals surface area contributed by atoms with Gasteiger partial charge in [0.25, 0.3) is 0 Å². The third kappa shape index (κ3) is 5.29. The Morgan fingerprint density at radius 2 is 0.920 bits per heavy atom. The third-order valence-electron chi connectivity index (χ3n) is 10.4. The Bertz CT molecular complexity index is 1990. The number of nitrogens with zero attached hydrogens (tertiary/aromatic N) is 4. The molecule has 250 valence electrons. The molecule has 0 spiro atoms. The standard InChI is InChI=1S/C42H40N6O2/c1-41(2)19-31-37(33(49)21-41)35(29(23-43)39(45)47(31)27-11-7-5-8-12-27)25-15-17-26(18-16-25)36-30(24-44)40(46)48(28-13-9-6-10-14-28)32-20-42(3,4)22-34(50)38(32)36/h5-18,35-36H,19-22,45-46H2,1-4H3. The molecule has 50 heavy (non-hydrogen) atoms. The Hall–Kier alpha value is -5.86. The van der Waals surface area contributed by atoms with Crippen molar-refractivity contribution < 1.29 is 9.59 Å². The predicted octanol–water partition coefficient (Wildman–Crippen LogP) is 7.57. The fourth-order valence-corrected chi connectivity index (χ4v) is 8.31. The van der Waals surface area contributed by atoms with Gasteiger partial charge in [0, 0.05) is 46.8 Å². The van der Waals surface area contributed by atoms with Gasteiger partial charge in [0.1, 0.15) is 11.6 Å². The molecule has 2 unspecified atom stereocenters. The zero-order valence-corrected chi connectivity index (χ0v) is 28.8. The molecule has 4 N–H and O–H groups in total. The maximum absolute atomic E-state index is 14.0. The van der Waals surface area contributed by atoms with Crippen LogP contribution in [0.4, 0.5) is 11.4 Å². The van der Waals surface area contributed by atoms with E-state index in [-0.39, 0.29) is 22.4 Å². The summed E-state index contributed by atoms with van der Waals surface area (Å²) < 4.78 is 0. The van der Waals surface area contributed by atoms with Crippen LogP contribution in [0.2, 0.25) is 0 Å². The Labute approximate surface area is 293 Å². The number of nitrogens with two attached hydrogens (primary N) is 2. The molecule has 2 atom stereocenters. The Morgan fingerprint density at radius 1 is 0.580 bits per heavy atom. The summed E-state index contributed by atoms with van der Waals surface area (Å²) in [6, 6.07) is 31.5. The lowest BCUT2D eigenvalue weighted by molar-refractivity contribution is -0.119. The minimum Gasteiger partial charge on any atom is -0.384 e.